The van der Waals surface area contributed by atoms with Crippen LogP contribution in [0.1, 0.15) is 42.7 Å². The van der Waals surface area contributed by atoms with Crippen molar-refractivity contribution in [3.05, 3.63) is 51.2 Å². The van der Waals surface area contributed by atoms with Crippen molar-refractivity contribution in [2.24, 2.45) is 4.99 Å². The number of aliphatic imine (C=N–C) groups is 1. The van der Waals surface area contributed by atoms with Crippen LogP contribution in [0.2, 0.25) is 0 Å². The number of rotatable bonds is 3. The van der Waals surface area contributed by atoms with Gasteiger partial charge in [0.15, 0.2) is 11.0 Å². The Bertz CT molecular complexity index is 852. The smallest absolute Gasteiger partial charge is 0.267 e. The molecule has 0 unspecified atom stereocenters. The maximum atomic E-state index is 13.1. The van der Waals surface area contributed by atoms with Crippen molar-refractivity contribution >= 4 is 46.1 Å². The van der Waals surface area contributed by atoms with Gasteiger partial charge in [-0.15, -0.1) is 11.3 Å². The average Bonchev–Trinajstić information content (AvgIpc) is 3.25. The highest BCUT2D eigenvalue weighted by Crippen LogP contribution is 2.38. The van der Waals surface area contributed by atoms with Crippen LogP contribution in [-0.4, -0.2) is 27.0 Å². The molecule has 3 heterocycles. The lowest BCUT2D eigenvalue weighted by Crippen LogP contribution is -2.40. The highest BCUT2D eigenvalue weighted by Gasteiger charge is 2.38. The number of amides is 1. The summed E-state index contributed by atoms with van der Waals surface area (Å²) >= 11 is 3.12. The van der Waals surface area contributed by atoms with Crippen molar-refractivity contribution in [1.82, 2.24) is 9.88 Å². The molecule has 134 valence electrons. The number of amidine groups is 1. The molecule has 2 aromatic rings. The molecule has 0 aromatic carbocycles. The molecule has 0 radical (unpaired) electrons. The van der Waals surface area contributed by atoms with Gasteiger partial charge >= 0.3 is 0 Å². The van der Waals surface area contributed by atoms with Crippen molar-refractivity contribution in [3.63, 3.8) is 0 Å². The van der Waals surface area contributed by atoms with Gasteiger partial charge in [-0.1, -0.05) is 31.4 Å². The number of pyridine rings is 1. The summed E-state index contributed by atoms with van der Waals surface area (Å²) < 4.78 is 0. The Balaban J connectivity index is 1.70. The Kier molecular flexibility index (Phi) is 5.22. The molecule has 1 aliphatic heterocycles. The fraction of sp³-hybridized carbons (Fsp3) is 0.350. The second-order valence-corrected chi connectivity index (χ2v) is 8.61. The van der Waals surface area contributed by atoms with E-state index in [0.717, 1.165) is 33.5 Å². The predicted octanol–water partition coefficient (Wildman–Crippen LogP) is 5.39. The lowest BCUT2D eigenvalue weighted by molar-refractivity contribution is -0.124. The van der Waals surface area contributed by atoms with Crippen molar-refractivity contribution in [2.45, 2.75) is 45.1 Å². The van der Waals surface area contributed by atoms with Crippen molar-refractivity contribution < 1.29 is 4.79 Å². The molecule has 0 atom stereocenters. The Morgan fingerprint density at radius 3 is 2.77 bits per heavy atom. The molecular weight excluding hydrogens is 362 g/mol. The molecule has 1 saturated heterocycles. The average molecular weight is 384 g/mol. The predicted molar refractivity (Wildman–Crippen MR) is 110 cm³/mol. The quantitative estimate of drug-likeness (QED) is 0.668. The molecule has 2 aromatic heterocycles. The third-order valence-corrected chi connectivity index (χ3v) is 6.48. The number of carbonyl (C=O) groups is 1. The molecule has 0 spiro atoms. The van der Waals surface area contributed by atoms with Gasteiger partial charge in [-0.3, -0.25) is 9.69 Å². The number of nitrogens with zero attached hydrogens (tertiary/aromatic N) is 3. The lowest BCUT2D eigenvalue weighted by Gasteiger charge is -2.30. The molecule has 1 saturated carbocycles. The zero-order valence-electron chi connectivity index (χ0n) is 14.7. The summed E-state index contributed by atoms with van der Waals surface area (Å²) in [5, 5.41) is 2.80. The molecule has 2 fully saturated rings. The van der Waals surface area contributed by atoms with E-state index in [0.29, 0.717) is 5.82 Å². The zero-order valence-corrected chi connectivity index (χ0v) is 16.4. The van der Waals surface area contributed by atoms with Gasteiger partial charge in [0.05, 0.1) is 4.91 Å². The number of hydrogen-bond acceptors (Lipinski definition) is 5. The fourth-order valence-electron chi connectivity index (χ4n) is 3.42. The van der Waals surface area contributed by atoms with E-state index in [1.807, 2.05) is 53.6 Å². The number of carbonyl (C=O) groups excluding carboxylic acids is 1. The third-order valence-electron chi connectivity index (χ3n) is 4.68. The van der Waals surface area contributed by atoms with Gasteiger partial charge in [0.1, 0.15) is 0 Å². The number of aryl methyl sites for hydroxylation is 1. The van der Waals surface area contributed by atoms with Crippen LogP contribution >= 0.6 is 23.1 Å². The first-order valence-corrected chi connectivity index (χ1v) is 10.7. The summed E-state index contributed by atoms with van der Waals surface area (Å²) in [5.74, 6) is 0.750. The summed E-state index contributed by atoms with van der Waals surface area (Å²) in [4.78, 5) is 26.1. The van der Waals surface area contributed by atoms with Crippen LogP contribution in [0, 0.1) is 6.92 Å². The Labute approximate surface area is 162 Å². The van der Waals surface area contributed by atoms with Gasteiger partial charge in [-0.25, -0.2) is 9.98 Å². The summed E-state index contributed by atoms with van der Waals surface area (Å²) in [7, 11) is 0. The van der Waals surface area contributed by atoms with Crippen LogP contribution in [0.3, 0.4) is 0 Å². The lowest BCUT2D eigenvalue weighted by atomic mass is 9.94. The largest absolute Gasteiger partial charge is 0.283 e. The van der Waals surface area contributed by atoms with Crippen LogP contribution in [0.25, 0.3) is 6.08 Å². The van der Waals surface area contributed by atoms with Crippen LogP contribution in [0.15, 0.2) is 45.6 Å². The first-order chi connectivity index (χ1) is 12.7. The standard InChI is InChI=1S/C20H21N3OS2/c1-14-7-5-11-18(21-14)22-20-23(15-8-3-2-4-9-15)19(24)17(26-20)13-16-10-6-12-25-16/h5-7,10-13,15H,2-4,8-9H2,1H3/b17-13+,22-20+. The van der Waals surface area contributed by atoms with Gasteiger partial charge < -0.3 is 0 Å². The van der Waals surface area contributed by atoms with Gasteiger partial charge in [0.2, 0.25) is 0 Å². The van der Waals surface area contributed by atoms with Crippen molar-refractivity contribution in [1.29, 1.82) is 0 Å². The maximum absolute atomic E-state index is 13.1. The molecule has 0 N–H and O–H groups in total. The molecule has 4 nitrogen and oxygen atoms in total. The summed E-state index contributed by atoms with van der Waals surface area (Å²) in [6, 6.07) is 10.1. The Morgan fingerprint density at radius 1 is 1.19 bits per heavy atom. The summed E-state index contributed by atoms with van der Waals surface area (Å²) in [6.45, 7) is 1.96. The topological polar surface area (TPSA) is 45.6 Å². The maximum Gasteiger partial charge on any atom is 0.267 e. The molecular formula is C20H21N3OS2. The van der Waals surface area contributed by atoms with Gasteiger partial charge in [-0.05, 0) is 61.2 Å². The molecule has 1 aliphatic carbocycles. The molecule has 4 rings (SSSR count). The number of thiophene rings is 1. The first-order valence-electron chi connectivity index (χ1n) is 9.00. The molecule has 1 amide bonds. The number of aromatic nitrogens is 1. The van der Waals surface area contributed by atoms with Gasteiger partial charge in [0, 0.05) is 16.6 Å². The second kappa shape index (κ2) is 7.76. The SMILES string of the molecule is Cc1cccc(/N=C2/S/C(=C/c3cccs3)C(=O)N2C2CCCCC2)n1. The Hall–Kier alpha value is -1.92. The van der Waals surface area contributed by atoms with E-state index in [1.165, 1.54) is 31.0 Å². The van der Waals surface area contributed by atoms with E-state index in [-0.39, 0.29) is 11.9 Å². The van der Waals surface area contributed by atoms with E-state index < -0.39 is 0 Å². The zero-order chi connectivity index (χ0) is 17.9. The third kappa shape index (κ3) is 3.76. The van der Waals surface area contributed by atoms with Gasteiger partial charge in [-0.2, -0.15) is 0 Å². The van der Waals surface area contributed by atoms with Crippen LogP contribution in [0.5, 0.6) is 0 Å². The molecule has 26 heavy (non-hydrogen) atoms. The minimum absolute atomic E-state index is 0.0849. The summed E-state index contributed by atoms with van der Waals surface area (Å²) in [5.41, 5.74) is 0.930. The first kappa shape index (κ1) is 17.5. The minimum Gasteiger partial charge on any atom is -0.283 e. The normalized spacial score (nSPS) is 21.9. The highest BCUT2D eigenvalue weighted by atomic mass is 32.2. The number of hydrogen-bond donors (Lipinski definition) is 0. The molecule has 2 aliphatic rings. The Morgan fingerprint density at radius 2 is 2.04 bits per heavy atom. The van der Waals surface area contributed by atoms with Crippen molar-refractivity contribution in [2.75, 3.05) is 0 Å². The fourth-order valence-corrected chi connectivity index (χ4v) is 5.19. The van der Waals surface area contributed by atoms with E-state index >= 15 is 0 Å². The monoisotopic (exact) mass is 383 g/mol. The van der Waals surface area contributed by atoms with Crippen LogP contribution < -0.4 is 0 Å². The minimum atomic E-state index is 0.0849. The van der Waals surface area contributed by atoms with E-state index in [4.69, 9.17) is 4.99 Å². The number of thioether (sulfide) groups is 1. The van der Waals surface area contributed by atoms with E-state index in [9.17, 15) is 4.79 Å². The van der Waals surface area contributed by atoms with Gasteiger partial charge in [0.25, 0.3) is 5.91 Å². The second-order valence-electron chi connectivity index (χ2n) is 6.62. The van der Waals surface area contributed by atoms with E-state index in [2.05, 4.69) is 4.98 Å². The van der Waals surface area contributed by atoms with Crippen LogP contribution in [-0.2, 0) is 4.79 Å². The van der Waals surface area contributed by atoms with E-state index in [1.54, 1.807) is 11.3 Å². The molecule has 6 heteroatoms. The van der Waals surface area contributed by atoms with Crippen LogP contribution in [0.4, 0.5) is 5.82 Å². The van der Waals surface area contributed by atoms with Crippen molar-refractivity contribution in [3.8, 4) is 0 Å². The summed E-state index contributed by atoms with van der Waals surface area (Å²) in [6.07, 6.45) is 7.71. The molecule has 0 bridgehead atoms. The highest BCUT2D eigenvalue weighted by molar-refractivity contribution is 8.18.